The molecule has 2 rings (SSSR count). The van der Waals surface area contributed by atoms with Gasteiger partial charge in [-0.15, -0.1) is 0 Å². The molecule has 0 spiro atoms. The predicted molar refractivity (Wildman–Crippen MR) is 101 cm³/mol. The summed E-state index contributed by atoms with van der Waals surface area (Å²) < 4.78 is 26.6. The number of hydrogen-bond donors (Lipinski definition) is 1. The summed E-state index contributed by atoms with van der Waals surface area (Å²) >= 11 is 11.9. The number of carbonyl (C=O) groups excluding carboxylic acids is 1. The van der Waals surface area contributed by atoms with E-state index < -0.39 is 10.0 Å². The summed E-state index contributed by atoms with van der Waals surface area (Å²) in [4.78, 5) is 12.3. The normalized spacial score (nSPS) is 11.4. The van der Waals surface area contributed by atoms with Gasteiger partial charge in [-0.05, 0) is 56.3 Å². The second kappa shape index (κ2) is 7.64. The van der Waals surface area contributed by atoms with Crippen LogP contribution in [-0.2, 0) is 10.0 Å². The molecule has 0 aromatic heterocycles. The molecule has 0 fully saturated rings. The molecule has 25 heavy (non-hydrogen) atoms. The molecule has 0 heterocycles. The molecule has 0 radical (unpaired) electrons. The van der Waals surface area contributed by atoms with Crippen molar-refractivity contribution in [2.45, 2.75) is 24.8 Å². The Balaban J connectivity index is 2.40. The Bertz CT molecular complexity index is 881. The van der Waals surface area contributed by atoms with E-state index in [0.717, 1.165) is 4.31 Å². The van der Waals surface area contributed by atoms with Crippen LogP contribution in [0.4, 0.5) is 5.69 Å². The first kappa shape index (κ1) is 19.6. The number of rotatable bonds is 5. The number of nitrogens with zero attached hydrogens (tertiary/aromatic N) is 1. The summed E-state index contributed by atoms with van der Waals surface area (Å²) in [6, 6.07) is 10.3. The monoisotopic (exact) mass is 400 g/mol. The second-order valence-electron chi connectivity index (χ2n) is 5.72. The third-order valence-electron chi connectivity index (χ3n) is 3.45. The van der Waals surface area contributed by atoms with E-state index in [-0.39, 0.29) is 27.4 Å². The highest BCUT2D eigenvalue weighted by atomic mass is 35.5. The fraction of sp³-hybridized carbons (Fsp3) is 0.235. The quantitative estimate of drug-likeness (QED) is 0.825. The molecule has 1 amide bonds. The molecule has 0 saturated carbocycles. The van der Waals surface area contributed by atoms with Gasteiger partial charge in [0, 0.05) is 18.1 Å². The van der Waals surface area contributed by atoms with Crippen LogP contribution in [0.2, 0.25) is 10.0 Å². The minimum absolute atomic E-state index is 0.0669. The molecule has 8 heteroatoms. The van der Waals surface area contributed by atoms with Crippen LogP contribution in [0.15, 0.2) is 47.4 Å². The summed E-state index contributed by atoms with van der Waals surface area (Å²) in [7, 11) is -2.37. The zero-order valence-electron chi connectivity index (χ0n) is 14.0. The highest BCUT2D eigenvalue weighted by Crippen LogP contribution is 2.27. The van der Waals surface area contributed by atoms with Crippen LogP contribution in [0.3, 0.4) is 0 Å². The van der Waals surface area contributed by atoms with Crippen molar-refractivity contribution in [3.8, 4) is 0 Å². The standard InChI is InChI=1S/C17H18Cl2N2O3S/c1-11(2)20-17(22)15-10-13(6-9-16(15)19)21(3)25(23,24)14-7-4-12(18)5-8-14/h4-11H,1-3H3,(H,20,22). The van der Waals surface area contributed by atoms with Crippen molar-refractivity contribution in [1.29, 1.82) is 0 Å². The van der Waals surface area contributed by atoms with E-state index in [4.69, 9.17) is 23.2 Å². The van der Waals surface area contributed by atoms with Gasteiger partial charge in [-0.3, -0.25) is 9.10 Å². The smallest absolute Gasteiger partial charge is 0.264 e. The van der Waals surface area contributed by atoms with E-state index in [9.17, 15) is 13.2 Å². The van der Waals surface area contributed by atoms with Crippen LogP contribution in [-0.4, -0.2) is 27.4 Å². The summed E-state index contributed by atoms with van der Waals surface area (Å²) in [6.07, 6.45) is 0. The van der Waals surface area contributed by atoms with E-state index in [1.54, 1.807) is 6.07 Å². The largest absolute Gasteiger partial charge is 0.350 e. The second-order valence-corrected chi connectivity index (χ2v) is 8.53. The van der Waals surface area contributed by atoms with E-state index in [2.05, 4.69) is 5.32 Å². The Morgan fingerprint density at radius 1 is 1.08 bits per heavy atom. The number of sulfonamides is 1. The molecule has 0 atom stereocenters. The molecule has 0 saturated heterocycles. The zero-order valence-corrected chi connectivity index (χ0v) is 16.3. The van der Waals surface area contributed by atoms with Gasteiger partial charge in [-0.25, -0.2) is 8.42 Å². The number of hydrogen-bond acceptors (Lipinski definition) is 3. The van der Waals surface area contributed by atoms with Crippen molar-refractivity contribution < 1.29 is 13.2 Å². The first-order valence-electron chi connectivity index (χ1n) is 7.48. The Morgan fingerprint density at radius 2 is 1.68 bits per heavy atom. The number of amides is 1. The minimum atomic E-state index is -3.79. The van der Waals surface area contributed by atoms with E-state index in [0.29, 0.717) is 10.7 Å². The van der Waals surface area contributed by atoms with E-state index in [1.165, 1.54) is 43.4 Å². The van der Waals surface area contributed by atoms with Crippen LogP contribution in [0.5, 0.6) is 0 Å². The molecule has 0 aliphatic heterocycles. The molecule has 0 unspecified atom stereocenters. The molecular formula is C17H18Cl2N2O3S. The molecule has 2 aromatic rings. The SMILES string of the molecule is CC(C)NC(=O)c1cc(N(C)S(=O)(=O)c2ccc(Cl)cc2)ccc1Cl. The lowest BCUT2D eigenvalue weighted by Crippen LogP contribution is -2.31. The van der Waals surface area contributed by atoms with Crippen molar-refractivity contribution in [3.63, 3.8) is 0 Å². The van der Waals surface area contributed by atoms with Gasteiger partial charge in [0.1, 0.15) is 0 Å². The zero-order chi connectivity index (χ0) is 18.8. The van der Waals surface area contributed by atoms with Gasteiger partial charge >= 0.3 is 0 Å². The maximum absolute atomic E-state index is 12.7. The number of halogens is 2. The van der Waals surface area contributed by atoms with Crippen LogP contribution >= 0.6 is 23.2 Å². The van der Waals surface area contributed by atoms with Gasteiger partial charge in [-0.1, -0.05) is 23.2 Å². The fourth-order valence-electron chi connectivity index (χ4n) is 2.13. The number of anilines is 1. The summed E-state index contributed by atoms with van der Waals surface area (Å²) in [5.41, 5.74) is 0.541. The van der Waals surface area contributed by atoms with E-state index in [1.807, 2.05) is 13.8 Å². The van der Waals surface area contributed by atoms with Crippen LogP contribution in [0.25, 0.3) is 0 Å². The Kier molecular flexibility index (Phi) is 5.98. The molecule has 134 valence electrons. The lowest BCUT2D eigenvalue weighted by atomic mass is 10.1. The number of nitrogens with one attached hydrogen (secondary N) is 1. The third kappa shape index (κ3) is 4.45. The number of benzene rings is 2. The molecule has 2 aromatic carbocycles. The van der Waals surface area contributed by atoms with Crippen LogP contribution < -0.4 is 9.62 Å². The van der Waals surface area contributed by atoms with Crippen molar-refractivity contribution in [1.82, 2.24) is 5.32 Å². The first-order valence-corrected chi connectivity index (χ1v) is 9.67. The van der Waals surface area contributed by atoms with Crippen molar-refractivity contribution in [2.75, 3.05) is 11.4 Å². The predicted octanol–water partition coefficient (Wildman–Crippen LogP) is 3.96. The summed E-state index contributed by atoms with van der Waals surface area (Å²) in [5, 5.41) is 3.43. The van der Waals surface area contributed by atoms with Gasteiger partial charge in [0.2, 0.25) is 0 Å². The molecule has 5 nitrogen and oxygen atoms in total. The molecule has 0 bridgehead atoms. The Morgan fingerprint density at radius 3 is 2.24 bits per heavy atom. The van der Waals surface area contributed by atoms with Crippen LogP contribution in [0, 0.1) is 0 Å². The Hall–Kier alpha value is -1.76. The Labute approximate surface area is 157 Å². The third-order valence-corrected chi connectivity index (χ3v) is 5.83. The van der Waals surface area contributed by atoms with Gasteiger partial charge in [0.05, 0.1) is 21.2 Å². The van der Waals surface area contributed by atoms with Crippen molar-refractivity contribution >= 4 is 44.8 Å². The maximum atomic E-state index is 12.7. The fourth-order valence-corrected chi connectivity index (χ4v) is 3.64. The molecule has 0 aliphatic rings. The summed E-state index contributed by atoms with van der Waals surface area (Å²) in [5.74, 6) is -0.362. The van der Waals surface area contributed by atoms with Gasteiger partial charge in [0.15, 0.2) is 0 Å². The maximum Gasteiger partial charge on any atom is 0.264 e. The number of carbonyl (C=O) groups is 1. The topological polar surface area (TPSA) is 66.5 Å². The summed E-state index contributed by atoms with van der Waals surface area (Å²) in [6.45, 7) is 3.65. The lowest BCUT2D eigenvalue weighted by molar-refractivity contribution is 0.0943. The van der Waals surface area contributed by atoms with Crippen molar-refractivity contribution in [3.05, 3.63) is 58.1 Å². The van der Waals surface area contributed by atoms with Crippen molar-refractivity contribution in [2.24, 2.45) is 0 Å². The average Bonchev–Trinajstić information content (AvgIpc) is 2.54. The minimum Gasteiger partial charge on any atom is -0.350 e. The average molecular weight is 401 g/mol. The van der Waals surface area contributed by atoms with Gasteiger partial charge in [0.25, 0.3) is 15.9 Å². The highest BCUT2D eigenvalue weighted by molar-refractivity contribution is 7.92. The molecule has 0 aliphatic carbocycles. The highest BCUT2D eigenvalue weighted by Gasteiger charge is 2.23. The molecular weight excluding hydrogens is 383 g/mol. The van der Waals surface area contributed by atoms with E-state index >= 15 is 0 Å². The first-order chi connectivity index (χ1) is 11.6. The van der Waals surface area contributed by atoms with Gasteiger partial charge in [-0.2, -0.15) is 0 Å². The van der Waals surface area contributed by atoms with Crippen LogP contribution in [0.1, 0.15) is 24.2 Å². The van der Waals surface area contributed by atoms with Gasteiger partial charge < -0.3 is 5.32 Å². The lowest BCUT2D eigenvalue weighted by Gasteiger charge is -2.21. The molecule has 1 N–H and O–H groups in total.